The third-order valence-corrected chi connectivity index (χ3v) is 3.36. The fourth-order valence-corrected chi connectivity index (χ4v) is 2.07. The fraction of sp³-hybridized carbons (Fsp3) is 0.0476. The minimum absolute atomic E-state index is 0.252. The van der Waals surface area contributed by atoms with Crippen LogP contribution < -0.4 is 5.56 Å². The van der Waals surface area contributed by atoms with Crippen molar-refractivity contribution < 1.29 is 0 Å². The van der Waals surface area contributed by atoms with Gasteiger partial charge >= 0.3 is 0 Å². The summed E-state index contributed by atoms with van der Waals surface area (Å²) in [5.41, 5.74) is 2.36. The van der Waals surface area contributed by atoms with Crippen LogP contribution in [0.1, 0.15) is 22.3 Å². The minimum atomic E-state index is -0.252. The molecular weight excluding hydrogens is 296 g/mol. The molecular formula is C21H14N2O. The number of hydrogen-bond donors (Lipinski definition) is 0. The van der Waals surface area contributed by atoms with Gasteiger partial charge in [-0.3, -0.25) is 4.79 Å². The minimum Gasteiger partial charge on any atom is -0.266 e. The smallest absolute Gasteiger partial charge is 0.266 e. The first-order valence-corrected chi connectivity index (χ1v) is 7.44. The summed E-state index contributed by atoms with van der Waals surface area (Å²) < 4.78 is 1.27. The average Bonchev–Trinajstić information content (AvgIpc) is 2.63. The topological polar surface area (TPSA) is 34.9 Å². The molecule has 0 saturated heterocycles. The Morgan fingerprint density at radius 2 is 1.33 bits per heavy atom. The van der Waals surface area contributed by atoms with Crippen molar-refractivity contribution in [1.82, 2.24) is 9.78 Å². The van der Waals surface area contributed by atoms with Gasteiger partial charge in [0.1, 0.15) is 5.56 Å². The van der Waals surface area contributed by atoms with Crippen LogP contribution in [0.3, 0.4) is 0 Å². The Kier molecular flexibility index (Phi) is 4.56. The van der Waals surface area contributed by atoms with Crippen molar-refractivity contribution in [3.63, 3.8) is 0 Å². The van der Waals surface area contributed by atoms with E-state index in [1.165, 1.54) is 4.68 Å². The van der Waals surface area contributed by atoms with Gasteiger partial charge in [-0.05, 0) is 24.3 Å². The molecule has 0 saturated carbocycles. The van der Waals surface area contributed by atoms with Crippen LogP contribution in [0.5, 0.6) is 0 Å². The van der Waals surface area contributed by atoms with E-state index in [0.717, 1.165) is 11.1 Å². The van der Waals surface area contributed by atoms with Gasteiger partial charge < -0.3 is 0 Å². The molecule has 0 bridgehead atoms. The first-order chi connectivity index (χ1) is 11.7. The zero-order valence-electron chi connectivity index (χ0n) is 13.2. The van der Waals surface area contributed by atoms with Crippen LogP contribution in [0, 0.1) is 23.7 Å². The van der Waals surface area contributed by atoms with Gasteiger partial charge in [0.05, 0.1) is 11.8 Å². The molecule has 0 atom stereocenters. The van der Waals surface area contributed by atoms with Gasteiger partial charge in [0, 0.05) is 18.2 Å². The molecule has 24 heavy (non-hydrogen) atoms. The van der Waals surface area contributed by atoms with Crippen molar-refractivity contribution in [3.05, 3.63) is 99.5 Å². The monoisotopic (exact) mass is 310 g/mol. The molecule has 0 fully saturated rings. The Bertz CT molecular complexity index is 1030. The van der Waals surface area contributed by atoms with Crippen LogP contribution in [-0.4, -0.2) is 9.78 Å². The summed E-state index contributed by atoms with van der Waals surface area (Å²) in [7, 11) is 1.60. The molecule has 3 aromatic rings. The molecule has 0 aliphatic carbocycles. The lowest BCUT2D eigenvalue weighted by atomic mass is 10.1. The van der Waals surface area contributed by atoms with Gasteiger partial charge in [0.15, 0.2) is 0 Å². The molecule has 2 aromatic carbocycles. The number of nitrogens with zero attached hydrogens (tertiary/aromatic N) is 2. The van der Waals surface area contributed by atoms with Crippen molar-refractivity contribution >= 4 is 0 Å². The maximum atomic E-state index is 12.4. The van der Waals surface area contributed by atoms with E-state index < -0.39 is 0 Å². The lowest BCUT2D eigenvalue weighted by Gasteiger charge is -1.99. The van der Waals surface area contributed by atoms with Crippen molar-refractivity contribution in [2.24, 2.45) is 7.05 Å². The highest BCUT2D eigenvalue weighted by Crippen LogP contribution is 2.02. The number of aryl methyl sites for hydroxylation is 1. The number of benzene rings is 2. The second kappa shape index (κ2) is 7.13. The lowest BCUT2D eigenvalue weighted by molar-refractivity contribution is 0.703. The predicted molar refractivity (Wildman–Crippen MR) is 94.3 cm³/mol. The molecule has 3 heteroatoms. The van der Waals surface area contributed by atoms with E-state index in [-0.39, 0.29) is 5.56 Å². The maximum absolute atomic E-state index is 12.4. The fourth-order valence-electron chi connectivity index (χ4n) is 2.07. The van der Waals surface area contributed by atoms with Crippen LogP contribution >= 0.6 is 0 Å². The molecule has 0 amide bonds. The Morgan fingerprint density at radius 1 is 0.792 bits per heavy atom. The van der Waals surface area contributed by atoms with Crippen LogP contribution in [0.15, 0.2) is 71.7 Å². The van der Waals surface area contributed by atoms with E-state index in [2.05, 4.69) is 28.8 Å². The van der Waals surface area contributed by atoms with Crippen molar-refractivity contribution in [1.29, 1.82) is 0 Å². The van der Waals surface area contributed by atoms with Gasteiger partial charge in [-0.2, -0.15) is 5.10 Å². The van der Waals surface area contributed by atoms with Crippen LogP contribution in [0.2, 0.25) is 0 Å². The average molecular weight is 310 g/mol. The summed E-state index contributed by atoms with van der Waals surface area (Å²) in [5, 5.41) is 4.04. The third kappa shape index (κ3) is 3.61. The summed E-state index contributed by atoms with van der Waals surface area (Å²) >= 11 is 0. The highest BCUT2D eigenvalue weighted by Gasteiger charge is 2.05. The number of aromatic nitrogens is 2. The molecule has 3 nitrogen and oxygen atoms in total. The predicted octanol–water partition coefficient (Wildman–Crippen LogP) is 2.58. The molecule has 0 aliphatic rings. The Labute approximate surface area is 140 Å². The highest BCUT2D eigenvalue weighted by atomic mass is 16.1. The third-order valence-electron chi connectivity index (χ3n) is 3.36. The molecule has 0 N–H and O–H groups in total. The summed E-state index contributed by atoms with van der Waals surface area (Å²) in [6.07, 6.45) is 1.58. The standard InChI is InChI=1S/C21H14N2O/c1-23-21(24)20(15-13-18-10-6-3-7-11-18)19(16-22-23)14-12-17-8-4-2-5-9-17/h2-11,16H,1H3. The molecule has 3 rings (SSSR count). The van der Waals surface area contributed by atoms with Crippen LogP contribution in [0.25, 0.3) is 0 Å². The zero-order chi connectivity index (χ0) is 16.8. The molecule has 0 spiro atoms. The Balaban J connectivity index is 2.06. The number of hydrogen-bond acceptors (Lipinski definition) is 2. The van der Waals surface area contributed by atoms with Gasteiger partial charge in [-0.1, -0.05) is 60.1 Å². The van der Waals surface area contributed by atoms with E-state index in [9.17, 15) is 4.79 Å². The molecule has 114 valence electrons. The largest absolute Gasteiger partial charge is 0.283 e. The van der Waals surface area contributed by atoms with Gasteiger partial charge in [-0.15, -0.1) is 0 Å². The van der Waals surface area contributed by atoms with Gasteiger partial charge in [0.2, 0.25) is 0 Å². The van der Waals surface area contributed by atoms with E-state index in [1.54, 1.807) is 13.2 Å². The second-order valence-corrected chi connectivity index (χ2v) is 5.09. The summed E-state index contributed by atoms with van der Waals surface area (Å²) in [4.78, 5) is 12.4. The van der Waals surface area contributed by atoms with Crippen molar-refractivity contribution in [3.8, 4) is 23.7 Å². The van der Waals surface area contributed by atoms with Crippen LogP contribution in [0.4, 0.5) is 0 Å². The quantitative estimate of drug-likeness (QED) is 0.598. The first-order valence-electron chi connectivity index (χ1n) is 7.44. The van der Waals surface area contributed by atoms with Crippen molar-refractivity contribution in [2.75, 3.05) is 0 Å². The first kappa shape index (κ1) is 15.3. The lowest BCUT2D eigenvalue weighted by Crippen LogP contribution is -2.23. The molecule has 1 heterocycles. The second-order valence-electron chi connectivity index (χ2n) is 5.09. The van der Waals surface area contributed by atoms with E-state index in [0.29, 0.717) is 11.1 Å². The molecule has 0 unspecified atom stereocenters. The van der Waals surface area contributed by atoms with E-state index in [4.69, 9.17) is 0 Å². The van der Waals surface area contributed by atoms with Crippen molar-refractivity contribution in [2.45, 2.75) is 0 Å². The summed E-state index contributed by atoms with van der Waals surface area (Å²) in [6.45, 7) is 0. The molecule has 0 radical (unpaired) electrons. The van der Waals surface area contributed by atoms with Gasteiger partial charge in [-0.25, -0.2) is 4.68 Å². The zero-order valence-corrected chi connectivity index (χ0v) is 13.2. The normalized spacial score (nSPS) is 9.38. The maximum Gasteiger partial charge on any atom is 0.283 e. The highest BCUT2D eigenvalue weighted by molar-refractivity contribution is 5.52. The summed E-state index contributed by atoms with van der Waals surface area (Å²) in [5.74, 6) is 12.0. The molecule has 0 aliphatic heterocycles. The van der Waals surface area contributed by atoms with Gasteiger partial charge in [0.25, 0.3) is 5.56 Å². The Hall–Kier alpha value is -3.56. The summed E-state index contributed by atoms with van der Waals surface area (Å²) in [6, 6.07) is 19.1. The Morgan fingerprint density at radius 3 is 1.92 bits per heavy atom. The number of rotatable bonds is 0. The van der Waals surface area contributed by atoms with Crippen LogP contribution in [-0.2, 0) is 7.05 Å². The molecule has 1 aromatic heterocycles. The SMILES string of the molecule is Cn1ncc(C#Cc2ccccc2)c(C#Cc2ccccc2)c1=O. The van der Waals surface area contributed by atoms with E-state index in [1.807, 2.05) is 60.7 Å². The van der Waals surface area contributed by atoms with E-state index >= 15 is 0 Å².